The summed E-state index contributed by atoms with van der Waals surface area (Å²) in [6.07, 6.45) is 1.57. The highest BCUT2D eigenvalue weighted by Gasteiger charge is 2.21. The van der Waals surface area contributed by atoms with E-state index in [2.05, 4.69) is 24.7 Å². The summed E-state index contributed by atoms with van der Waals surface area (Å²) in [5.74, 6) is -0.0387. The molecule has 0 bridgehead atoms. The van der Waals surface area contributed by atoms with Gasteiger partial charge in [0.05, 0.1) is 34.6 Å². The molecule has 2 heterocycles. The molecule has 2 aromatic heterocycles. The van der Waals surface area contributed by atoms with E-state index in [9.17, 15) is 18.3 Å². The smallest absolute Gasteiger partial charge is 0.449 e. The van der Waals surface area contributed by atoms with Crippen LogP contribution in [0, 0.1) is 0 Å². The van der Waals surface area contributed by atoms with Crippen molar-refractivity contribution in [1.82, 2.24) is 19.9 Å². The lowest BCUT2D eigenvalue weighted by atomic mass is 9.99. The second kappa shape index (κ2) is 11.2. The number of sulfonamides is 1. The molecule has 0 radical (unpaired) electrons. The molecule has 4 N–H and O–H groups in total. The van der Waals surface area contributed by atoms with E-state index in [1.54, 1.807) is 48.8 Å². The molecule has 4 rings (SSSR count). The summed E-state index contributed by atoms with van der Waals surface area (Å²) in [4.78, 5) is 19.2. The van der Waals surface area contributed by atoms with Gasteiger partial charge < -0.3 is 24.8 Å². The van der Waals surface area contributed by atoms with Gasteiger partial charge in [0, 0.05) is 30.4 Å². The van der Waals surface area contributed by atoms with Crippen LogP contribution in [0.1, 0.15) is 31.9 Å². The zero-order chi connectivity index (χ0) is 27.3. The highest BCUT2D eigenvalue weighted by molar-refractivity contribution is 7.92. The number of hydrogen-bond donors (Lipinski definition) is 4. The Hall–Kier alpha value is -4.00. The van der Waals surface area contributed by atoms with Gasteiger partial charge in [0.25, 0.3) is 10.0 Å². The van der Waals surface area contributed by atoms with Crippen molar-refractivity contribution in [2.75, 3.05) is 11.3 Å². The topological polar surface area (TPSA) is 156 Å². The van der Waals surface area contributed by atoms with E-state index in [1.807, 2.05) is 18.4 Å². The minimum absolute atomic E-state index is 0.0387. The van der Waals surface area contributed by atoms with Gasteiger partial charge in [-0.15, -0.1) is 0 Å². The molecule has 200 valence electrons. The number of aliphatic hydroxyl groups is 1. The number of aryl methyl sites for hydroxylation is 1. The summed E-state index contributed by atoms with van der Waals surface area (Å²) in [5.41, 5.74) is 1.90. The Bertz CT molecular complexity index is 1520. The molecule has 1 unspecified atom stereocenters. The lowest BCUT2D eigenvalue weighted by Gasteiger charge is -2.28. The predicted octanol–water partition coefficient (Wildman–Crippen LogP) is 3.78. The van der Waals surface area contributed by atoms with E-state index in [-0.39, 0.29) is 22.9 Å². The fourth-order valence-corrected chi connectivity index (χ4v) is 4.93. The Labute approximate surface area is 220 Å². The normalized spacial score (nSPS) is 12.8. The average molecular weight is 540 g/mol. The van der Waals surface area contributed by atoms with Crippen molar-refractivity contribution in [2.45, 2.75) is 43.4 Å². The predicted molar refractivity (Wildman–Crippen MR) is 142 cm³/mol. The van der Waals surface area contributed by atoms with Crippen molar-refractivity contribution in [3.63, 3.8) is 0 Å². The number of rotatable bonds is 11. The van der Waals surface area contributed by atoms with Gasteiger partial charge >= 0.3 is 6.16 Å². The monoisotopic (exact) mass is 539 g/mol. The largest absolute Gasteiger partial charge is 0.512 e. The molecule has 0 aliphatic carbocycles. The Morgan fingerprint density at radius 3 is 2.61 bits per heavy atom. The van der Waals surface area contributed by atoms with Crippen molar-refractivity contribution in [2.24, 2.45) is 0 Å². The molecule has 0 saturated heterocycles. The van der Waals surface area contributed by atoms with E-state index in [0.717, 1.165) is 5.52 Å². The van der Waals surface area contributed by atoms with Gasteiger partial charge in [-0.3, -0.25) is 4.72 Å². The van der Waals surface area contributed by atoms with Crippen molar-refractivity contribution in [1.29, 1.82) is 0 Å². The molecular weight excluding hydrogens is 510 g/mol. The maximum absolute atomic E-state index is 12.6. The molecule has 0 aliphatic rings. The molecule has 4 aromatic rings. The number of imidazole rings is 1. The molecule has 0 fully saturated rings. The number of pyridine rings is 1. The van der Waals surface area contributed by atoms with E-state index in [0.29, 0.717) is 29.7 Å². The average Bonchev–Trinajstić information content (AvgIpc) is 3.28. The van der Waals surface area contributed by atoms with Gasteiger partial charge in [0.2, 0.25) is 5.88 Å². The number of nitrogens with one attached hydrogen (secondary N) is 2. The van der Waals surface area contributed by atoms with Crippen LogP contribution in [0.2, 0.25) is 0 Å². The SMILES string of the molecule is CC(C)(CCn1cnc2cc(OC(=O)O)ncc21)NCC(O)c1cccc(NS(=O)(=O)c2ccccc2)c1. The van der Waals surface area contributed by atoms with Crippen LogP contribution in [0.3, 0.4) is 0 Å². The highest BCUT2D eigenvalue weighted by Crippen LogP contribution is 2.22. The summed E-state index contributed by atoms with van der Waals surface area (Å²) in [5, 5.41) is 22.9. The minimum atomic E-state index is -3.74. The Kier molecular flexibility index (Phi) is 7.95. The van der Waals surface area contributed by atoms with Crippen LogP contribution >= 0.6 is 0 Å². The summed E-state index contributed by atoms with van der Waals surface area (Å²) in [6.45, 7) is 4.88. The third-order valence-electron chi connectivity index (χ3n) is 6.00. The molecular formula is C26H29N5O6S. The number of hydrogen-bond acceptors (Lipinski definition) is 8. The molecule has 12 heteroatoms. The number of aromatic nitrogens is 3. The van der Waals surface area contributed by atoms with Gasteiger partial charge in [-0.25, -0.2) is 23.2 Å². The van der Waals surface area contributed by atoms with Crippen LogP contribution in [0.15, 0.2) is 78.1 Å². The first kappa shape index (κ1) is 27.0. The second-order valence-corrected chi connectivity index (χ2v) is 11.1. The van der Waals surface area contributed by atoms with Crippen LogP contribution in [-0.4, -0.2) is 51.4 Å². The third kappa shape index (κ3) is 6.85. The zero-order valence-electron chi connectivity index (χ0n) is 20.9. The van der Waals surface area contributed by atoms with E-state index in [1.165, 1.54) is 24.4 Å². The molecule has 0 spiro atoms. The molecule has 38 heavy (non-hydrogen) atoms. The van der Waals surface area contributed by atoms with Crippen LogP contribution in [-0.2, 0) is 16.6 Å². The first-order chi connectivity index (χ1) is 18.0. The van der Waals surface area contributed by atoms with Crippen LogP contribution in [0.5, 0.6) is 5.88 Å². The maximum Gasteiger partial charge on any atom is 0.512 e. The van der Waals surface area contributed by atoms with Gasteiger partial charge in [-0.05, 0) is 50.1 Å². The van der Waals surface area contributed by atoms with Gasteiger partial charge in [0.1, 0.15) is 0 Å². The quantitative estimate of drug-likeness (QED) is 0.208. The summed E-state index contributed by atoms with van der Waals surface area (Å²) >= 11 is 0. The number of ether oxygens (including phenoxy) is 1. The van der Waals surface area contributed by atoms with E-state index >= 15 is 0 Å². The molecule has 0 saturated carbocycles. The van der Waals surface area contributed by atoms with Gasteiger partial charge in [-0.1, -0.05) is 30.3 Å². The standard InChI is InChI=1S/C26H29N5O6S/c1-26(2,11-12-31-17-28-21-14-24(37-25(33)34)27-15-22(21)31)29-16-23(32)18-7-6-8-19(13-18)30-38(35,36)20-9-4-3-5-10-20/h3-10,13-15,17,23,29-30,32H,11-12,16H2,1-2H3,(H,33,34). The zero-order valence-corrected chi connectivity index (χ0v) is 21.7. The van der Waals surface area contributed by atoms with Crippen molar-refractivity contribution in [3.05, 3.63) is 78.8 Å². The lowest BCUT2D eigenvalue weighted by Crippen LogP contribution is -2.42. The van der Waals surface area contributed by atoms with Gasteiger partial charge in [-0.2, -0.15) is 0 Å². The molecule has 1 atom stereocenters. The first-order valence-corrected chi connectivity index (χ1v) is 13.3. The Balaban J connectivity index is 1.34. The van der Waals surface area contributed by atoms with Crippen LogP contribution < -0.4 is 14.8 Å². The Morgan fingerprint density at radius 2 is 1.87 bits per heavy atom. The van der Waals surface area contributed by atoms with Crippen molar-refractivity contribution >= 4 is 32.9 Å². The van der Waals surface area contributed by atoms with E-state index < -0.39 is 22.3 Å². The lowest BCUT2D eigenvalue weighted by molar-refractivity contribution is 0.142. The fraction of sp³-hybridized carbons (Fsp3) is 0.269. The summed E-state index contributed by atoms with van der Waals surface area (Å²) < 4.78 is 34.3. The maximum atomic E-state index is 12.6. The Morgan fingerprint density at radius 1 is 1.11 bits per heavy atom. The number of nitrogens with zero attached hydrogens (tertiary/aromatic N) is 3. The van der Waals surface area contributed by atoms with Gasteiger partial charge in [0.15, 0.2) is 0 Å². The first-order valence-electron chi connectivity index (χ1n) is 11.8. The molecule has 2 aromatic carbocycles. The number of β-amino-alcohol motifs (C(OH)–C–C–N with tert-alkyl or cyclic N) is 1. The summed E-state index contributed by atoms with van der Waals surface area (Å²) in [7, 11) is -3.74. The van der Waals surface area contributed by atoms with Crippen molar-refractivity contribution in [3.8, 4) is 5.88 Å². The van der Waals surface area contributed by atoms with Crippen molar-refractivity contribution < 1.29 is 28.2 Å². The number of carbonyl (C=O) groups is 1. The van der Waals surface area contributed by atoms with Crippen LogP contribution in [0.4, 0.5) is 10.5 Å². The van der Waals surface area contributed by atoms with Crippen LogP contribution in [0.25, 0.3) is 11.0 Å². The number of benzene rings is 2. The number of fused-ring (bicyclic) bond motifs is 1. The number of carboxylic acid groups (broad SMARTS) is 1. The van der Waals surface area contributed by atoms with E-state index in [4.69, 9.17) is 5.11 Å². The second-order valence-electron chi connectivity index (χ2n) is 9.39. The summed E-state index contributed by atoms with van der Waals surface area (Å²) in [6, 6.07) is 16.2. The molecule has 11 nitrogen and oxygen atoms in total. The fourth-order valence-electron chi connectivity index (χ4n) is 3.86. The molecule has 0 aliphatic heterocycles. The number of aliphatic hydroxyl groups excluding tert-OH is 1. The molecule has 0 amide bonds. The minimum Gasteiger partial charge on any atom is -0.449 e. The third-order valence-corrected chi connectivity index (χ3v) is 7.40. The number of anilines is 1. The highest BCUT2D eigenvalue weighted by atomic mass is 32.2.